The summed E-state index contributed by atoms with van der Waals surface area (Å²) >= 11 is 3.41. The summed E-state index contributed by atoms with van der Waals surface area (Å²) in [4.78, 5) is 12.8. The Kier molecular flexibility index (Phi) is 8.15. The van der Waals surface area contributed by atoms with Gasteiger partial charge in [0.25, 0.3) is 5.91 Å². The maximum Gasteiger partial charge on any atom is 0.259 e. The van der Waals surface area contributed by atoms with Gasteiger partial charge in [-0.15, -0.1) is 0 Å². The van der Waals surface area contributed by atoms with Crippen LogP contribution in [0.15, 0.2) is 77.3 Å². The fourth-order valence-electron chi connectivity index (χ4n) is 2.72. The molecule has 0 atom stereocenters. The summed E-state index contributed by atoms with van der Waals surface area (Å²) in [6.07, 6.45) is 0.866. The van der Waals surface area contributed by atoms with Gasteiger partial charge in [-0.1, -0.05) is 47.1 Å². The monoisotopic (exact) mass is 469 g/mol. The molecule has 3 aromatic rings. The summed E-state index contributed by atoms with van der Waals surface area (Å²) in [6, 6.07) is 22.3. The van der Waals surface area contributed by atoms with Crippen LogP contribution < -0.4 is 19.5 Å². The molecule has 1 amide bonds. The van der Waals surface area contributed by atoms with E-state index >= 15 is 0 Å². The first-order valence-electron chi connectivity index (χ1n) is 9.80. The van der Waals surface area contributed by atoms with E-state index in [2.05, 4.69) is 21.2 Å². The third-order valence-electron chi connectivity index (χ3n) is 4.10. The van der Waals surface area contributed by atoms with Crippen molar-refractivity contribution in [2.45, 2.75) is 13.3 Å². The van der Waals surface area contributed by atoms with Gasteiger partial charge in [0, 0.05) is 16.2 Å². The van der Waals surface area contributed by atoms with Crippen molar-refractivity contribution < 1.29 is 19.0 Å². The second-order valence-corrected chi connectivity index (χ2v) is 7.40. The summed E-state index contributed by atoms with van der Waals surface area (Å²) in [6.45, 7) is 3.40. The molecule has 3 aromatic carbocycles. The molecular formula is C24H24BrNO4. The quantitative estimate of drug-likeness (QED) is 0.372. The lowest BCUT2D eigenvalue weighted by Gasteiger charge is -2.13. The van der Waals surface area contributed by atoms with Crippen LogP contribution in [-0.2, 0) is 0 Å². The molecule has 0 saturated carbocycles. The Morgan fingerprint density at radius 3 is 2.33 bits per heavy atom. The highest BCUT2D eigenvalue weighted by atomic mass is 79.9. The molecule has 0 unspecified atom stereocenters. The van der Waals surface area contributed by atoms with Gasteiger partial charge in [0.1, 0.15) is 30.5 Å². The van der Waals surface area contributed by atoms with E-state index in [4.69, 9.17) is 14.2 Å². The average Bonchev–Trinajstić information content (AvgIpc) is 2.77. The zero-order valence-corrected chi connectivity index (χ0v) is 18.4. The van der Waals surface area contributed by atoms with E-state index in [1.54, 1.807) is 18.2 Å². The predicted molar refractivity (Wildman–Crippen MR) is 122 cm³/mol. The van der Waals surface area contributed by atoms with Crippen LogP contribution in [0.5, 0.6) is 17.2 Å². The fraction of sp³-hybridized carbons (Fsp3) is 0.208. The van der Waals surface area contributed by atoms with E-state index in [0.29, 0.717) is 42.6 Å². The summed E-state index contributed by atoms with van der Waals surface area (Å²) in [5, 5.41) is 2.91. The molecule has 0 bridgehead atoms. The van der Waals surface area contributed by atoms with Gasteiger partial charge in [0.2, 0.25) is 0 Å². The van der Waals surface area contributed by atoms with E-state index in [1.165, 1.54) is 0 Å². The molecular weight excluding hydrogens is 446 g/mol. The van der Waals surface area contributed by atoms with Crippen LogP contribution in [-0.4, -0.2) is 25.7 Å². The molecule has 0 aromatic heterocycles. The zero-order valence-electron chi connectivity index (χ0n) is 16.8. The van der Waals surface area contributed by atoms with Crippen LogP contribution in [0, 0.1) is 0 Å². The Morgan fingerprint density at radius 2 is 1.57 bits per heavy atom. The molecule has 156 valence electrons. The van der Waals surface area contributed by atoms with Crippen LogP contribution in [0.1, 0.15) is 23.7 Å². The number of rotatable bonds is 10. The van der Waals surface area contributed by atoms with Crippen LogP contribution in [0.4, 0.5) is 5.69 Å². The highest BCUT2D eigenvalue weighted by molar-refractivity contribution is 9.10. The van der Waals surface area contributed by atoms with Gasteiger partial charge in [0.15, 0.2) is 0 Å². The Morgan fingerprint density at radius 1 is 0.833 bits per heavy atom. The number of para-hydroxylation sites is 1. The minimum absolute atomic E-state index is 0.244. The van der Waals surface area contributed by atoms with Gasteiger partial charge >= 0.3 is 0 Å². The lowest BCUT2D eigenvalue weighted by atomic mass is 10.2. The SMILES string of the molecule is CCCOc1ccc(Br)cc1C(=O)Nc1cccc(OCCOc2ccccc2)c1. The molecule has 3 rings (SSSR count). The molecule has 6 heteroatoms. The number of hydrogen-bond donors (Lipinski definition) is 1. The minimum Gasteiger partial charge on any atom is -0.493 e. The number of carbonyl (C=O) groups is 1. The number of hydrogen-bond acceptors (Lipinski definition) is 4. The molecule has 5 nitrogen and oxygen atoms in total. The van der Waals surface area contributed by atoms with E-state index in [9.17, 15) is 4.79 Å². The number of nitrogens with one attached hydrogen (secondary N) is 1. The number of carbonyl (C=O) groups excluding carboxylic acids is 1. The van der Waals surface area contributed by atoms with Crippen molar-refractivity contribution in [1.82, 2.24) is 0 Å². The third-order valence-corrected chi connectivity index (χ3v) is 4.60. The largest absolute Gasteiger partial charge is 0.493 e. The van der Waals surface area contributed by atoms with Crippen molar-refractivity contribution >= 4 is 27.5 Å². The van der Waals surface area contributed by atoms with Gasteiger partial charge in [0.05, 0.1) is 12.2 Å². The highest BCUT2D eigenvalue weighted by Crippen LogP contribution is 2.25. The van der Waals surface area contributed by atoms with Crippen LogP contribution in [0.3, 0.4) is 0 Å². The summed E-state index contributed by atoms with van der Waals surface area (Å²) in [5.74, 6) is 1.77. The molecule has 0 fully saturated rings. The normalized spacial score (nSPS) is 10.3. The standard InChI is InChI=1S/C24H24BrNO4/c1-2-13-30-23-12-11-18(25)16-22(23)24(27)26-19-7-6-10-21(17-19)29-15-14-28-20-8-4-3-5-9-20/h3-12,16-17H,2,13-15H2,1H3,(H,26,27). The number of amides is 1. The van der Waals surface area contributed by atoms with Crippen molar-refractivity contribution in [1.29, 1.82) is 0 Å². The first-order chi connectivity index (χ1) is 14.7. The number of anilines is 1. The molecule has 0 heterocycles. The maximum atomic E-state index is 12.8. The minimum atomic E-state index is -0.244. The van der Waals surface area contributed by atoms with Crippen LogP contribution >= 0.6 is 15.9 Å². The highest BCUT2D eigenvalue weighted by Gasteiger charge is 2.14. The summed E-state index contributed by atoms with van der Waals surface area (Å²) < 4.78 is 17.9. The Hall–Kier alpha value is -2.99. The van der Waals surface area contributed by atoms with Crippen molar-refractivity contribution in [3.05, 3.63) is 82.8 Å². The lowest BCUT2D eigenvalue weighted by molar-refractivity contribution is 0.102. The van der Waals surface area contributed by atoms with E-state index < -0.39 is 0 Å². The van der Waals surface area contributed by atoms with E-state index in [0.717, 1.165) is 16.6 Å². The van der Waals surface area contributed by atoms with Gasteiger partial charge < -0.3 is 19.5 Å². The van der Waals surface area contributed by atoms with E-state index in [-0.39, 0.29) is 5.91 Å². The number of halogens is 1. The first kappa shape index (κ1) is 21.7. The van der Waals surface area contributed by atoms with Crippen molar-refractivity contribution in [2.24, 2.45) is 0 Å². The number of ether oxygens (including phenoxy) is 3. The number of benzene rings is 3. The summed E-state index contributed by atoms with van der Waals surface area (Å²) in [7, 11) is 0. The second kappa shape index (κ2) is 11.3. The molecule has 0 saturated heterocycles. The van der Waals surface area contributed by atoms with Crippen LogP contribution in [0.2, 0.25) is 0 Å². The molecule has 30 heavy (non-hydrogen) atoms. The van der Waals surface area contributed by atoms with Gasteiger partial charge in [-0.25, -0.2) is 0 Å². The van der Waals surface area contributed by atoms with Gasteiger partial charge in [-0.05, 0) is 48.9 Å². The molecule has 1 N–H and O–H groups in total. The van der Waals surface area contributed by atoms with Crippen molar-refractivity contribution in [2.75, 3.05) is 25.1 Å². The Balaban J connectivity index is 1.58. The summed E-state index contributed by atoms with van der Waals surface area (Å²) in [5.41, 5.74) is 1.11. The Labute approximate surface area is 185 Å². The first-order valence-corrected chi connectivity index (χ1v) is 10.6. The predicted octanol–water partition coefficient (Wildman–Crippen LogP) is 5.95. The molecule has 0 aliphatic carbocycles. The lowest BCUT2D eigenvalue weighted by Crippen LogP contribution is -2.14. The van der Waals surface area contributed by atoms with Crippen molar-refractivity contribution in [3.63, 3.8) is 0 Å². The molecule has 0 aliphatic heterocycles. The maximum absolute atomic E-state index is 12.8. The van der Waals surface area contributed by atoms with Crippen LogP contribution in [0.25, 0.3) is 0 Å². The fourth-order valence-corrected chi connectivity index (χ4v) is 3.08. The molecule has 0 radical (unpaired) electrons. The second-order valence-electron chi connectivity index (χ2n) is 6.48. The van der Waals surface area contributed by atoms with Gasteiger partial charge in [-0.3, -0.25) is 4.79 Å². The zero-order chi connectivity index (χ0) is 21.2. The molecule has 0 spiro atoms. The van der Waals surface area contributed by atoms with Gasteiger partial charge in [-0.2, -0.15) is 0 Å². The smallest absolute Gasteiger partial charge is 0.259 e. The molecule has 0 aliphatic rings. The average molecular weight is 470 g/mol. The van der Waals surface area contributed by atoms with E-state index in [1.807, 2.05) is 61.5 Å². The topological polar surface area (TPSA) is 56.8 Å². The third kappa shape index (κ3) is 6.52. The Bertz CT molecular complexity index is 962. The van der Waals surface area contributed by atoms with Crippen molar-refractivity contribution in [3.8, 4) is 17.2 Å².